The number of nitrogens with zero attached hydrogens (tertiary/aromatic N) is 1. The third kappa shape index (κ3) is 4.75. The molecule has 1 aliphatic heterocycles. The first-order valence-electron chi connectivity index (χ1n) is 7.69. The SMILES string of the molecule is CNCCNC(=O)C1CCCN(C(=O)c2ccc(Br)c(F)c2)C1. The number of hydrogen-bond acceptors (Lipinski definition) is 3. The number of carbonyl (C=O) groups excluding carboxylic acids is 2. The Morgan fingerprint density at radius 1 is 1.39 bits per heavy atom. The molecule has 5 nitrogen and oxygen atoms in total. The van der Waals surface area contributed by atoms with Gasteiger partial charge in [-0.2, -0.15) is 0 Å². The summed E-state index contributed by atoms with van der Waals surface area (Å²) in [6, 6.07) is 4.34. The second-order valence-corrected chi connectivity index (χ2v) is 6.47. The monoisotopic (exact) mass is 385 g/mol. The van der Waals surface area contributed by atoms with Crippen LogP contribution in [0, 0.1) is 11.7 Å². The van der Waals surface area contributed by atoms with E-state index in [2.05, 4.69) is 26.6 Å². The Morgan fingerprint density at radius 2 is 2.17 bits per heavy atom. The van der Waals surface area contributed by atoms with E-state index in [1.54, 1.807) is 11.0 Å². The van der Waals surface area contributed by atoms with Crippen LogP contribution >= 0.6 is 15.9 Å². The topological polar surface area (TPSA) is 61.4 Å². The van der Waals surface area contributed by atoms with E-state index in [0.29, 0.717) is 36.2 Å². The summed E-state index contributed by atoms with van der Waals surface area (Å²) >= 11 is 3.08. The fraction of sp³-hybridized carbons (Fsp3) is 0.500. The molecule has 2 rings (SSSR count). The molecule has 126 valence electrons. The molecule has 1 aromatic carbocycles. The summed E-state index contributed by atoms with van der Waals surface area (Å²) < 4.78 is 13.9. The molecule has 1 aromatic rings. The summed E-state index contributed by atoms with van der Waals surface area (Å²) in [6.07, 6.45) is 1.54. The molecule has 0 spiro atoms. The van der Waals surface area contributed by atoms with Crippen LogP contribution in [0.4, 0.5) is 4.39 Å². The Labute approximate surface area is 143 Å². The number of halogens is 2. The maximum absolute atomic E-state index is 13.6. The molecule has 0 bridgehead atoms. The molecule has 23 heavy (non-hydrogen) atoms. The van der Waals surface area contributed by atoms with Crippen molar-refractivity contribution in [2.24, 2.45) is 5.92 Å². The minimum Gasteiger partial charge on any atom is -0.355 e. The number of carbonyl (C=O) groups is 2. The fourth-order valence-corrected chi connectivity index (χ4v) is 2.89. The molecule has 1 fully saturated rings. The zero-order valence-corrected chi connectivity index (χ0v) is 14.7. The lowest BCUT2D eigenvalue weighted by Crippen LogP contribution is -2.46. The van der Waals surface area contributed by atoms with Gasteiger partial charge in [-0.25, -0.2) is 4.39 Å². The van der Waals surface area contributed by atoms with Crippen LogP contribution < -0.4 is 10.6 Å². The molecule has 1 heterocycles. The number of hydrogen-bond donors (Lipinski definition) is 2. The third-order valence-electron chi connectivity index (χ3n) is 3.92. The molecule has 0 radical (unpaired) electrons. The molecule has 2 amide bonds. The highest BCUT2D eigenvalue weighted by Gasteiger charge is 2.28. The van der Waals surface area contributed by atoms with Gasteiger partial charge in [-0.15, -0.1) is 0 Å². The first-order chi connectivity index (χ1) is 11.0. The summed E-state index contributed by atoms with van der Waals surface area (Å²) in [5, 5.41) is 5.83. The lowest BCUT2D eigenvalue weighted by Gasteiger charge is -2.32. The van der Waals surface area contributed by atoms with Gasteiger partial charge >= 0.3 is 0 Å². The molecule has 1 aliphatic rings. The van der Waals surface area contributed by atoms with Crippen LogP contribution in [0.1, 0.15) is 23.2 Å². The van der Waals surface area contributed by atoms with Crippen molar-refractivity contribution in [3.8, 4) is 0 Å². The number of piperidine rings is 1. The standard InChI is InChI=1S/C16H21BrFN3O2/c1-19-6-7-20-15(22)12-3-2-8-21(10-12)16(23)11-4-5-13(17)14(18)9-11/h4-5,9,12,19H,2-3,6-8,10H2,1H3,(H,20,22). The van der Waals surface area contributed by atoms with Crippen molar-refractivity contribution in [3.63, 3.8) is 0 Å². The Balaban J connectivity index is 1.98. The highest BCUT2D eigenvalue weighted by molar-refractivity contribution is 9.10. The van der Waals surface area contributed by atoms with E-state index in [9.17, 15) is 14.0 Å². The van der Waals surface area contributed by atoms with E-state index < -0.39 is 5.82 Å². The average Bonchev–Trinajstić information content (AvgIpc) is 2.57. The molecular formula is C16H21BrFN3O2. The van der Waals surface area contributed by atoms with Gasteiger partial charge in [-0.1, -0.05) is 0 Å². The largest absolute Gasteiger partial charge is 0.355 e. The summed E-state index contributed by atoms with van der Waals surface area (Å²) in [5.41, 5.74) is 0.307. The number of likely N-dealkylation sites (N-methyl/N-ethyl adjacent to an activating group) is 1. The predicted molar refractivity (Wildman–Crippen MR) is 89.7 cm³/mol. The highest BCUT2D eigenvalue weighted by Crippen LogP contribution is 2.21. The van der Waals surface area contributed by atoms with Crippen LogP contribution in [0.3, 0.4) is 0 Å². The Kier molecular flexibility index (Phi) is 6.53. The molecular weight excluding hydrogens is 365 g/mol. The smallest absolute Gasteiger partial charge is 0.253 e. The predicted octanol–water partition coefficient (Wildman–Crippen LogP) is 1.78. The molecule has 0 aliphatic carbocycles. The van der Waals surface area contributed by atoms with Gasteiger partial charge in [0.2, 0.25) is 5.91 Å². The molecule has 1 saturated heterocycles. The first kappa shape index (κ1) is 17.9. The van der Waals surface area contributed by atoms with Gasteiger partial charge < -0.3 is 15.5 Å². The average molecular weight is 386 g/mol. The van der Waals surface area contributed by atoms with Crippen molar-refractivity contribution < 1.29 is 14.0 Å². The molecule has 1 atom stereocenters. The van der Waals surface area contributed by atoms with Gasteiger partial charge in [0.1, 0.15) is 5.82 Å². The number of likely N-dealkylation sites (tertiary alicyclic amines) is 1. The number of benzene rings is 1. The lowest BCUT2D eigenvalue weighted by molar-refractivity contribution is -0.126. The molecule has 0 saturated carbocycles. The first-order valence-corrected chi connectivity index (χ1v) is 8.49. The quantitative estimate of drug-likeness (QED) is 0.759. The second-order valence-electron chi connectivity index (χ2n) is 5.61. The maximum Gasteiger partial charge on any atom is 0.253 e. The zero-order chi connectivity index (χ0) is 16.8. The van der Waals surface area contributed by atoms with Gasteiger partial charge in [-0.05, 0) is 54.0 Å². The van der Waals surface area contributed by atoms with Gasteiger partial charge in [0, 0.05) is 31.7 Å². The van der Waals surface area contributed by atoms with Crippen LogP contribution in [0.15, 0.2) is 22.7 Å². The Hall–Kier alpha value is -1.47. The van der Waals surface area contributed by atoms with Crippen molar-refractivity contribution in [1.29, 1.82) is 0 Å². The normalized spacial score (nSPS) is 17.9. The summed E-state index contributed by atoms with van der Waals surface area (Å²) in [7, 11) is 1.82. The molecule has 0 aromatic heterocycles. The summed E-state index contributed by atoms with van der Waals surface area (Å²) in [5.74, 6) is -0.928. The van der Waals surface area contributed by atoms with Gasteiger partial charge in [0.05, 0.1) is 10.4 Å². The number of rotatable bonds is 5. The van der Waals surface area contributed by atoms with Crippen LogP contribution in [0.2, 0.25) is 0 Å². The van der Waals surface area contributed by atoms with E-state index >= 15 is 0 Å². The van der Waals surface area contributed by atoms with Crippen LogP contribution in [-0.4, -0.2) is 49.9 Å². The summed E-state index contributed by atoms with van der Waals surface area (Å²) in [6.45, 7) is 2.25. The molecule has 2 N–H and O–H groups in total. The maximum atomic E-state index is 13.6. The lowest BCUT2D eigenvalue weighted by atomic mass is 9.96. The molecule has 7 heteroatoms. The minimum atomic E-state index is -0.464. The Bertz CT molecular complexity index is 582. The molecule has 1 unspecified atom stereocenters. The van der Waals surface area contributed by atoms with Gasteiger partial charge in [0.15, 0.2) is 0 Å². The van der Waals surface area contributed by atoms with E-state index in [-0.39, 0.29) is 17.7 Å². The zero-order valence-electron chi connectivity index (χ0n) is 13.1. The van der Waals surface area contributed by atoms with Crippen molar-refractivity contribution in [2.45, 2.75) is 12.8 Å². The third-order valence-corrected chi connectivity index (χ3v) is 4.56. The van der Waals surface area contributed by atoms with Crippen molar-refractivity contribution in [3.05, 3.63) is 34.1 Å². The highest BCUT2D eigenvalue weighted by atomic mass is 79.9. The van der Waals surface area contributed by atoms with Gasteiger partial charge in [-0.3, -0.25) is 9.59 Å². The second kappa shape index (κ2) is 8.40. The van der Waals surface area contributed by atoms with Crippen LogP contribution in [0.25, 0.3) is 0 Å². The van der Waals surface area contributed by atoms with E-state index in [1.807, 2.05) is 7.05 Å². The number of nitrogens with one attached hydrogen (secondary N) is 2. The van der Waals surface area contributed by atoms with Crippen molar-refractivity contribution in [1.82, 2.24) is 15.5 Å². The van der Waals surface area contributed by atoms with E-state index in [4.69, 9.17) is 0 Å². The minimum absolute atomic E-state index is 0.0280. The van der Waals surface area contributed by atoms with Crippen molar-refractivity contribution >= 4 is 27.7 Å². The fourth-order valence-electron chi connectivity index (χ4n) is 2.64. The number of amides is 2. The van der Waals surface area contributed by atoms with Crippen LogP contribution in [0.5, 0.6) is 0 Å². The van der Waals surface area contributed by atoms with E-state index in [0.717, 1.165) is 12.8 Å². The van der Waals surface area contributed by atoms with Crippen LogP contribution in [-0.2, 0) is 4.79 Å². The van der Waals surface area contributed by atoms with Gasteiger partial charge in [0.25, 0.3) is 5.91 Å². The van der Waals surface area contributed by atoms with Crippen molar-refractivity contribution in [2.75, 3.05) is 33.2 Å². The Morgan fingerprint density at radius 3 is 2.87 bits per heavy atom. The van der Waals surface area contributed by atoms with E-state index in [1.165, 1.54) is 12.1 Å². The summed E-state index contributed by atoms with van der Waals surface area (Å²) in [4.78, 5) is 26.3.